The van der Waals surface area contributed by atoms with Gasteiger partial charge in [-0.2, -0.15) is 0 Å². The monoisotopic (exact) mass is 536 g/mol. The molecule has 0 amide bonds. The summed E-state index contributed by atoms with van der Waals surface area (Å²) in [6, 6.07) is 29.5. The number of rotatable bonds is 14. The summed E-state index contributed by atoms with van der Waals surface area (Å²) >= 11 is 0. The molecule has 0 aromatic heterocycles. The summed E-state index contributed by atoms with van der Waals surface area (Å²) in [5, 5.41) is 0. The molecule has 0 aliphatic heterocycles. The normalized spacial score (nSPS) is 12.8. The fourth-order valence-corrected chi connectivity index (χ4v) is 6.15. The Morgan fingerprint density at radius 3 is 1.74 bits per heavy atom. The number of ether oxygens (including phenoxy) is 3. The van der Waals surface area contributed by atoms with Crippen LogP contribution in [-0.2, 0) is 34.7 Å². The molecule has 0 saturated carbocycles. The number of hydrogen-bond acceptors (Lipinski definition) is 6. The number of nitrogens with zero attached hydrogens (tertiary/aromatic N) is 1. The van der Waals surface area contributed by atoms with E-state index < -0.39 is 0 Å². The van der Waals surface area contributed by atoms with Crippen LogP contribution >= 0.6 is 0 Å². The predicted octanol–water partition coefficient (Wildman–Crippen LogP) is 5.33. The summed E-state index contributed by atoms with van der Waals surface area (Å²) in [7, 11) is 1.38. The molecule has 0 bridgehead atoms. The number of hydrogen-bond donors (Lipinski definition) is 0. The van der Waals surface area contributed by atoms with Crippen molar-refractivity contribution in [1.29, 1.82) is 0 Å². The molecule has 3 aromatic carbocycles. The Kier molecular flexibility index (Phi) is 11.9. The molecular weight excluding hydrogens is 498 g/mol. The summed E-state index contributed by atoms with van der Waals surface area (Å²) in [5.41, 5.74) is 1.10. The first-order chi connectivity index (χ1) is 18.4. The van der Waals surface area contributed by atoms with Crippen molar-refractivity contribution in [3.05, 3.63) is 90.5 Å². The lowest BCUT2D eigenvalue weighted by atomic mass is 10.0. The van der Waals surface area contributed by atoms with Crippen molar-refractivity contribution >= 4 is 22.8 Å². The summed E-state index contributed by atoms with van der Waals surface area (Å²) in [6.07, 6.45) is 0. The first kappa shape index (κ1) is 29.4. The topological polar surface area (TPSA) is 65.1 Å². The summed E-state index contributed by atoms with van der Waals surface area (Å²) < 4.78 is 15.9. The van der Waals surface area contributed by atoms with Crippen LogP contribution in [0.3, 0.4) is 0 Å². The molecule has 0 aliphatic rings. The van der Waals surface area contributed by atoms with E-state index in [2.05, 4.69) is 72.8 Å². The summed E-state index contributed by atoms with van der Waals surface area (Å²) in [6.45, 7) is 6.65. The van der Waals surface area contributed by atoms with Gasteiger partial charge in [0.15, 0.2) is 14.7 Å². The van der Waals surface area contributed by atoms with Crippen LogP contribution in [0, 0.1) is 0 Å². The minimum absolute atomic E-state index is 0.00799. The highest BCUT2D eigenvalue weighted by Crippen LogP contribution is 2.31. The maximum Gasteiger partial charge on any atom is 0.320 e. The third-order valence-corrected chi connectivity index (χ3v) is 8.37. The zero-order valence-corrected chi connectivity index (χ0v) is 23.5. The second-order valence-corrected chi connectivity index (χ2v) is 11.1. The molecular formula is C31H38NO5S+. The van der Waals surface area contributed by atoms with E-state index in [9.17, 15) is 9.59 Å². The van der Waals surface area contributed by atoms with Crippen molar-refractivity contribution in [2.45, 2.75) is 47.4 Å². The summed E-state index contributed by atoms with van der Waals surface area (Å²) in [5.74, 6) is -0.727. The zero-order valence-electron chi connectivity index (χ0n) is 22.7. The molecule has 2 unspecified atom stereocenters. The van der Waals surface area contributed by atoms with Gasteiger partial charge in [-0.1, -0.05) is 55.5 Å². The molecule has 38 heavy (non-hydrogen) atoms. The molecule has 202 valence electrons. The Labute approximate surface area is 229 Å². The van der Waals surface area contributed by atoms with Crippen LogP contribution in [0.4, 0.5) is 0 Å². The largest absolute Gasteiger partial charge is 0.465 e. The molecule has 3 rings (SSSR count). The molecule has 0 radical (unpaired) electrons. The van der Waals surface area contributed by atoms with Crippen LogP contribution in [0.25, 0.3) is 0 Å². The number of carbonyl (C=O) groups excluding carboxylic acids is 2. The van der Waals surface area contributed by atoms with Gasteiger partial charge in [-0.3, -0.25) is 14.5 Å². The van der Waals surface area contributed by atoms with Crippen LogP contribution in [0.5, 0.6) is 0 Å². The quantitative estimate of drug-likeness (QED) is 0.205. The van der Waals surface area contributed by atoms with Gasteiger partial charge in [0.05, 0.1) is 43.8 Å². The van der Waals surface area contributed by atoms with E-state index in [0.717, 1.165) is 5.56 Å². The minimum atomic E-state index is -0.379. The highest BCUT2D eigenvalue weighted by atomic mass is 32.2. The first-order valence-electron chi connectivity index (χ1n) is 12.9. The van der Waals surface area contributed by atoms with Crippen LogP contribution in [-0.4, -0.2) is 62.9 Å². The van der Waals surface area contributed by atoms with Gasteiger partial charge in [0, 0.05) is 19.1 Å². The van der Waals surface area contributed by atoms with Gasteiger partial charge in [0.1, 0.15) is 0 Å². The standard InChI is InChI=1S/C31H38NO5S/c1-5-36-30(33)20-32(25(3)23-35-4)21-31(34)37-22-24(2)26-16-18-29(19-17-26)38(27-12-8-6-9-13-27)28-14-10-7-11-15-28/h6-19,24-25H,5,20-23H2,1-4H3/q+1. The Morgan fingerprint density at radius 1 is 0.737 bits per heavy atom. The van der Waals surface area contributed by atoms with Gasteiger partial charge in [-0.05, 0) is 55.8 Å². The Bertz CT molecular complexity index is 1080. The smallest absolute Gasteiger partial charge is 0.320 e. The Morgan fingerprint density at radius 2 is 1.24 bits per heavy atom. The third kappa shape index (κ3) is 8.72. The van der Waals surface area contributed by atoms with Crippen molar-refractivity contribution in [3.63, 3.8) is 0 Å². The molecule has 2 atom stereocenters. The van der Waals surface area contributed by atoms with Crippen LogP contribution < -0.4 is 0 Å². The van der Waals surface area contributed by atoms with Crippen LogP contribution in [0.1, 0.15) is 32.3 Å². The van der Waals surface area contributed by atoms with E-state index in [0.29, 0.717) is 13.2 Å². The molecule has 0 aliphatic carbocycles. The van der Waals surface area contributed by atoms with Gasteiger partial charge in [-0.25, -0.2) is 0 Å². The molecule has 6 nitrogen and oxygen atoms in total. The lowest BCUT2D eigenvalue weighted by Gasteiger charge is -2.26. The van der Waals surface area contributed by atoms with Gasteiger partial charge < -0.3 is 14.2 Å². The number of esters is 2. The van der Waals surface area contributed by atoms with E-state index in [1.807, 2.05) is 26.0 Å². The average molecular weight is 537 g/mol. The third-order valence-electron chi connectivity index (χ3n) is 6.14. The van der Waals surface area contributed by atoms with Crippen molar-refractivity contribution in [2.24, 2.45) is 0 Å². The maximum absolute atomic E-state index is 12.6. The maximum atomic E-state index is 12.6. The van der Waals surface area contributed by atoms with Crippen molar-refractivity contribution in [3.8, 4) is 0 Å². The fraction of sp³-hybridized carbons (Fsp3) is 0.355. The lowest BCUT2D eigenvalue weighted by molar-refractivity contribution is -0.150. The highest BCUT2D eigenvalue weighted by molar-refractivity contribution is 7.97. The van der Waals surface area contributed by atoms with Gasteiger partial charge >= 0.3 is 11.9 Å². The Hall–Kier alpha value is -3.13. The first-order valence-corrected chi connectivity index (χ1v) is 14.1. The van der Waals surface area contributed by atoms with Gasteiger partial charge in [0.25, 0.3) is 0 Å². The average Bonchev–Trinajstić information content (AvgIpc) is 2.93. The second-order valence-electron chi connectivity index (χ2n) is 9.10. The highest BCUT2D eigenvalue weighted by Gasteiger charge is 2.28. The van der Waals surface area contributed by atoms with Gasteiger partial charge in [0.2, 0.25) is 0 Å². The minimum Gasteiger partial charge on any atom is -0.465 e. The molecule has 0 heterocycles. The lowest BCUT2D eigenvalue weighted by Crippen LogP contribution is -2.44. The van der Waals surface area contributed by atoms with E-state index in [1.165, 1.54) is 14.7 Å². The predicted molar refractivity (Wildman–Crippen MR) is 150 cm³/mol. The molecule has 0 saturated heterocycles. The number of methoxy groups -OCH3 is 1. The Balaban J connectivity index is 1.64. The molecule has 7 heteroatoms. The van der Waals surface area contributed by atoms with Crippen molar-refractivity contribution < 1.29 is 23.8 Å². The number of carbonyl (C=O) groups is 2. The number of benzene rings is 3. The van der Waals surface area contributed by atoms with E-state index >= 15 is 0 Å². The van der Waals surface area contributed by atoms with E-state index in [-0.39, 0.29) is 54.5 Å². The van der Waals surface area contributed by atoms with Crippen molar-refractivity contribution in [1.82, 2.24) is 4.90 Å². The van der Waals surface area contributed by atoms with E-state index in [4.69, 9.17) is 14.2 Å². The van der Waals surface area contributed by atoms with E-state index in [1.54, 1.807) is 18.9 Å². The second kappa shape index (κ2) is 15.3. The molecule has 0 spiro atoms. The van der Waals surface area contributed by atoms with Crippen LogP contribution in [0.2, 0.25) is 0 Å². The molecule has 0 fully saturated rings. The van der Waals surface area contributed by atoms with Gasteiger partial charge in [-0.15, -0.1) is 0 Å². The summed E-state index contributed by atoms with van der Waals surface area (Å²) in [4.78, 5) is 30.1. The molecule has 0 N–H and O–H groups in total. The van der Waals surface area contributed by atoms with Crippen LogP contribution in [0.15, 0.2) is 99.6 Å². The molecule has 3 aromatic rings. The zero-order chi connectivity index (χ0) is 27.3. The van der Waals surface area contributed by atoms with Crippen molar-refractivity contribution in [2.75, 3.05) is 40.0 Å². The fourth-order valence-electron chi connectivity index (χ4n) is 4.07. The SMILES string of the molecule is CCOC(=O)CN(CC(=O)OCC(C)c1ccc([S+](c2ccccc2)c2ccccc2)cc1)C(C)COC.